The van der Waals surface area contributed by atoms with Crippen molar-refractivity contribution in [1.29, 1.82) is 0 Å². The average Bonchev–Trinajstić information content (AvgIpc) is 2.74. The molecule has 32 heavy (non-hydrogen) atoms. The summed E-state index contributed by atoms with van der Waals surface area (Å²) in [7, 11) is -3.68. The van der Waals surface area contributed by atoms with Gasteiger partial charge in [-0.15, -0.1) is 0 Å². The Morgan fingerprint density at radius 2 is 1.72 bits per heavy atom. The molecule has 1 aromatic heterocycles. The van der Waals surface area contributed by atoms with Crippen molar-refractivity contribution in [3.05, 3.63) is 70.1 Å². The second kappa shape index (κ2) is 8.50. The smallest absolute Gasteiger partial charge is 0.291 e. The van der Waals surface area contributed by atoms with Crippen molar-refractivity contribution < 1.29 is 22.4 Å². The summed E-state index contributed by atoms with van der Waals surface area (Å²) in [5.74, 6) is -0.719. The van der Waals surface area contributed by atoms with Gasteiger partial charge in [-0.25, -0.2) is 8.42 Å². The Morgan fingerprint density at radius 1 is 1.06 bits per heavy atom. The lowest BCUT2D eigenvalue weighted by Crippen LogP contribution is -2.48. The van der Waals surface area contributed by atoms with E-state index in [1.54, 1.807) is 25.1 Å². The number of anilines is 1. The zero-order valence-electron chi connectivity index (χ0n) is 18.0. The molecular formula is C23H24N2O6S. The minimum absolute atomic E-state index is 0.121. The topological polar surface area (TPSA) is 106 Å². The molecule has 3 aromatic rings. The summed E-state index contributed by atoms with van der Waals surface area (Å²) in [6.07, 6.45) is -0.375. The van der Waals surface area contributed by atoms with Crippen LogP contribution >= 0.6 is 0 Å². The first-order valence-electron chi connectivity index (χ1n) is 10.3. The Morgan fingerprint density at radius 3 is 2.38 bits per heavy atom. The Bertz CT molecular complexity index is 1320. The number of carbonyl (C=O) groups is 1. The Hall–Kier alpha value is -3.01. The third kappa shape index (κ3) is 4.32. The molecule has 2 atom stereocenters. The number of benzene rings is 2. The number of amides is 1. The van der Waals surface area contributed by atoms with E-state index in [-0.39, 0.29) is 41.4 Å². The zero-order valence-corrected chi connectivity index (χ0v) is 18.8. The number of ether oxygens (including phenoxy) is 1. The number of hydrogen-bond donors (Lipinski definition) is 1. The quantitative estimate of drug-likeness (QED) is 0.647. The number of carbonyl (C=O) groups excluding carboxylic acids is 1. The average molecular weight is 457 g/mol. The van der Waals surface area contributed by atoms with Gasteiger partial charge in [0.25, 0.3) is 5.91 Å². The van der Waals surface area contributed by atoms with E-state index in [0.717, 1.165) is 11.6 Å². The van der Waals surface area contributed by atoms with E-state index in [1.165, 1.54) is 28.6 Å². The lowest BCUT2D eigenvalue weighted by atomic mass is 10.1. The maximum Gasteiger partial charge on any atom is 0.291 e. The van der Waals surface area contributed by atoms with Gasteiger partial charge in [0.1, 0.15) is 5.58 Å². The summed E-state index contributed by atoms with van der Waals surface area (Å²) < 4.78 is 38.6. The molecule has 1 aliphatic rings. The van der Waals surface area contributed by atoms with Gasteiger partial charge >= 0.3 is 0 Å². The van der Waals surface area contributed by atoms with E-state index < -0.39 is 15.9 Å². The van der Waals surface area contributed by atoms with Crippen LogP contribution in [0.5, 0.6) is 0 Å². The van der Waals surface area contributed by atoms with Crippen LogP contribution in [-0.2, 0) is 14.8 Å². The number of nitrogens with one attached hydrogen (secondary N) is 1. The van der Waals surface area contributed by atoms with Crippen LogP contribution in [-0.4, -0.2) is 43.9 Å². The molecule has 168 valence electrons. The summed E-state index contributed by atoms with van der Waals surface area (Å²) in [6, 6.07) is 12.2. The molecule has 2 aromatic carbocycles. The normalized spacial score (nSPS) is 19.7. The lowest BCUT2D eigenvalue weighted by Gasteiger charge is -2.34. The van der Waals surface area contributed by atoms with Crippen LogP contribution in [0.4, 0.5) is 5.69 Å². The second-order valence-corrected chi connectivity index (χ2v) is 9.92. The van der Waals surface area contributed by atoms with Crippen molar-refractivity contribution in [2.45, 2.75) is 37.9 Å². The van der Waals surface area contributed by atoms with Gasteiger partial charge in [-0.2, -0.15) is 4.31 Å². The fraction of sp³-hybridized carbons (Fsp3) is 0.304. The molecule has 1 aliphatic heterocycles. The van der Waals surface area contributed by atoms with Gasteiger partial charge in [-0.05, 0) is 56.7 Å². The maximum absolute atomic E-state index is 13.0. The molecule has 1 N–H and O–H groups in total. The van der Waals surface area contributed by atoms with Crippen LogP contribution in [0.3, 0.4) is 0 Å². The van der Waals surface area contributed by atoms with Gasteiger partial charge in [0, 0.05) is 24.8 Å². The molecule has 9 heteroatoms. The monoisotopic (exact) mass is 456 g/mol. The summed E-state index contributed by atoms with van der Waals surface area (Å²) in [6.45, 7) is 6.03. The highest BCUT2D eigenvalue weighted by atomic mass is 32.2. The van der Waals surface area contributed by atoms with E-state index in [0.29, 0.717) is 16.7 Å². The number of sulfonamides is 1. The molecule has 0 aliphatic carbocycles. The number of aryl methyl sites for hydroxylation is 1. The van der Waals surface area contributed by atoms with Crippen LogP contribution < -0.4 is 10.7 Å². The van der Waals surface area contributed by atoms with E-state index in [4.69, 9.17) is 9.15 Å². The van der Waals surface area contributed by atoms with Crippen molar-refractivity contribution in [3.8, 4) is 0 Å². The molecule has 0 spiro atoms. The molecule has 1 saturated heterocycles. The Labute approximate surface area is 185 Å². The van der Waals surface area contributed by atoms with Crippen LogP contribution in [0.15, 0.2) is 62.6 Å². The zero-order chi connectivity index (χ0) is 23.0. The van der Waals surface area contributed by atoms with E-state index in [9.17, 15) is 18.0 Å². The Kier molecular flexibility index (Phi) is 5.89. The van der Waals surface area contributed by atoms with Gasteiger partial charge in [-0.3, -0.25) is 9.59 Å². The fourth-order valence-electron chi connectivity index (χ4n) is 3.81. The van der Waals surface area contributed by atoms with Crippen molar-refractivity contribution in [2.75, 3.05) is 18.4 Å². The van der Waals surface area contributed by atoms with Gasteiger partial charge < -0.3 is 14.5 Å². The van der Waals surface area contributed by atoms with E-state index in [2.05, 4.69) is 5.32 Å². The third-order valence-corrected chi connectivity index (χ3v) is 7.16. The van der Waals surface area contributed by atoms with Gasteiger partial charge in [0.15, 0.2) is 11.2 Å². The van der Waals surface area contributed by atoms with Crippen molar-refractivity contribution in [3.63, 3.8) is 0 Å². The molecular weight excluding hydrogens is 432 g/mol. The highest BCUT2D eigenvalue weighted by Gasteiger charge is 2.32. The molecule has 0 radical (unpaired) electrons. The van der Waals surface area contributed by atoms with Gasteiger partial charge in [0.05, 0.1) is 22.5 Å². The minimum atomic E-state index is -3.68. The fourth-order valence-corrected chi connectivity index (χ4v) is 5.40. The molecule has 8 nitrogen and oxygen atoms in total. The molecule has 1 amide bonds. The van der Waals surface area contributed by atoms with E-state index in [1.807, 2.05) is 13.8 Å². The molecule has 0 bridgehead atoms. The largest absolute Gasteiger partial charge is 0.450 e. The van der Waals surface area contributed by atoms with Crippen LogP contribution in [0, 0.1) is 6.92 Å². The lowest BCUT2D eigenvalue weighted by molar-refractivity contribution is -0.0440. The molecule has 4 rings (SSSR count). The van der Waals surface area contributed by atoms with Crippen molar-refractivity contribution in [2.24, 2.45) is 0 Å². The SMILES string of the molecule is Cc1cccc2c(=O)cc(C(=O)Nc3ccc(S(=O)(=O)N4CC(C)OC(C)C4)cc3)oc12. The number of fused-ring (bicyclic) bond motifs is 1. The molecule has 1 fully saturated rings. The molecule has 0 saturated carbocycles. The highest BCUT2D eigenvalue weighted by molar-refractivity contribution is 7.89. The highest BCUT2D eigenvalue weighted by Crippen LogP contribution is 2.23. The number of hydrogen-bond acceptors (Lipinski definition) is 6. The van der Waals surface area contributed by atoms with Crippen LogP contribution in [0.1, 0.15) is 30.0 Å². The third-order valence-electron chi connectivity index (χ3n) is 5.31. The summed E-state index contributed by atoms with van der Waals surface area (Å²) in [4.78, 5) is 25.1. The first kappa shape index (κ1) is 22.2. The summed E-state index contributed by atoms with van der Waals surface area (Å²) in [5.41, 5.74) is 1.18. The number of rotatable bonds is 4. The standard InChI is InChI=1S/C23H24N2O6S/c1-14-5-4-6-19-20(26)11-21(31-22(14)19)23(27)24-17-7-9-18(10-8-17)32(28,29)25-12-15(2)30-16(3)13-25/h4-11,15-16H,12-13H2,1-3H3,(H,24,27). The van der Waals surface area contributed by atoms with Crippen molar-refractivity contribution >= 4 is 32.6 Å². The number of para-hydroxylation sites is 1. The van der Waals surface area contributed by atoms with Crippen LogP contribution in [0.25, 0.3) is 11.0 Å². The van der Waals surface area contributed by atoms with E-state index >= 15 is 0 Å². The van der Waals surface area contributed by atoms with Crippen molar-refractivity contribution in [1.82, 2.24) is 4.31 Å². The summed E-state index contributed by atoms with van der Waals surface area (Å²) in [5, 5.41) is 3.05. The first-order chi connectivity index (χ1) is 15.1. The molecule has 2 heterocycles. The summed E-state index contributed by atoms with van der Waals surface area (Å²) >= 11 is 0. The minimum Gasteiger partial charge on any atom is -0.450 e. The maximum atomic E-state index is 13.0. The number of nitrogens with zero attached hydrogens (tertiary/aromatic N) is 1. The first-order valence-corrected chi connectivity index (χ1v) is 11.7. The van der Waals surface area contributed by atoms with Gasteiger partial charge in [-0.1, -0.05) is 12.1 Å². The molecule has 2 unspecified atom stereocenters. The second-order valence-electron chi connectivity index (χ2n) is 7.98. The van der Waals surface area contributed by atoms with Crippen LogP contribution in [0.2, 0.25) is 0 Å². The number of morpholine rings is 1. The predicted octanol–water partition coefficient (Wildman–Crippen LogP) is 3.15. The Balaban J connectivity index is 1.54. The van der Waals surface area contributed by atoms with Gasteiger partial charge in [0.2, 0.25) is 10.0 Å². The predicted molar refractivity (Wildman–Crippen MR) is 120 cm³/mol.